The summed E-state index contributed by atoms with van der Waals surface area (Å²) in [5.74, 6) is 0. The van der Waals surface area contributed by atoms with Gasteiger partial charge >= 0.3 is 6.18 Å². The molecule has 4 nitrogen and oxygen atoms in total. The van der Waals surface area contributed by atoms with E-state index in [4.69, 9.17) is 17.3 Å². The average Bonchev–Trinajstić information content (AvgIpc) is 2.15. The SMILES string of the molecule is Cl.N[C@H](c1ccc(Cl)c([N+](=O)[O-])c1)C(F)(F)F. The molecule has 96 valence electrons. The quantitative estimate of drug-likeness (QED) is 0.671. The summed E-state index contributed by atoms with van der Waals surface area (Å²) in [6.07, 6.45) is -4.65. The van der Waals surface area contributed by atoms with E-state index in [0.717, 1.165) is 18.2 Å². The molecule has 1 aromatic rings. The molecule has 1 atom stereocenters. The highest BCUT2D eigenvalue weighted by atomic mass is 35.5. The summed E-state index contributed by atoms with van der Waals surface area (Å²) < 4.78 is 36.7. The first-order valence-electron chi connectivity index (χ1n) is 3.99. The highest BCUT2D eigenvalue weighted by Crippen LogP contribution is 2.34. The van der Waals surface area contributed by atoms with E-state index < -0.39 is 28.4 Å². The van der Waals surface area contributed by atoms with Gasteiger partial charge in [0.1, 0.15) is 11.1 Å². The molecular weight excluding hydrogens is 284 g/mol. The topological polar surface area (TPSA) is 69.2 Å². The predicted molar refractivity (Wildman–Crippen MR) is 58.3 cm³/mol. The van der Waals surface area contributed by atoms with Crippen molar-refractivity contribution in [3.05, 3.63) is 38.9 Å². The Hall–Kier alpha value is -1.05. The molecule has 0 spiro atoms. The second kappa shape index (κ2) is 5.52. The molecule has 2 N–H and O–H groups in total. The Balaban J connectivity index is 0.00000256. The van der Waals surface area contributed by atoms with Gasteiger partial charge < -0.3 is 5.73 Å². The zero-order valence-corrected chi connectivity index (χ0v) is 9.64. The third kappa shape index (κ3) is 3.72. The zero-order valence-electron chi connectivity index (χ0n) is 8.07. The van der Waals surface area contributed by atoms with Crippen LogP contribution < -0.4 is 5.73 Å². The van der Waals surface area contributed by atoms with Crippen molar-refractivity contribution in [2.45, 2.75) is 12.2 Å². The van der Waals surface area contributed by atoms with E-state index >= 15 is 0 Å². The van der Waals surface area contributed by atoms with Crippen LogP contribution in [0.1, 0.15) is 11.6 Å². The monoisotopic (exact) mass is 290 g/mol. The normalized spacial score (nSPS) is 12.8. The molecule has 0 fully saturated rings. The van der Waals surface area contributed by atoms with Crippen LogP contribution in [0.25, 0.3) is 0 Å². The van der Waals surface area contributed by atoms with Gasteiger partial charge in [0.05, 0.1) is 4.92 Å². The van der Waals surface area contributed by atoms with Crippen LogP contribution in [0.5, 0.6) is 0 Å². The van der Waals surface area contributed by atoms with E-state index in [2.05, 4.69) is 0 Å². The van der Waals surface area contributed by atoms with E-state index in [0.29, 0.717) is 0 Å². The number of nitrogens with zero attached hydrogens (tertiary/aromatic N) is 1. The Morgan fingerprint density at radius 2 is 1.94 bits per heavy atom. The van der Waals surface area contributed by atoms with E-state index in [1.54, 1.807) is 0 Å². The van der Waals surface area contributed by atoms with Gasteiger partial charge in [0.15, 0.2) is 0 Å². The molecule has 0 aliphatic carbocycles. The lowest BCUT2D eigenvalue weighted by Crippen LogP contribution is -2.28. The van der Waals surface area contributed by atoms with Crippen molar-refractivity contribution in [1.29, 1.82) is 0 Å². The maximum absolute atomic E-state index is 12.2. The molecule has 0 aromatic heterocycles. The Morgan fingerprint density at radius 1 is 1.41 bits per heavy atom. The fourth-order valence-electron chi connectivity index (χ4n) is 1.05. The Kier molecular flexibility index (Phi) is 5.18. The van der Waals surface area contributed by atoms with Crippen molar-refractivity contribution < 1.29 is 18.1 Å². The third-order valence-corrected chi connectivity index (χ3v) is 2.20. The van der Waals surface area contributed by atoms with Crippen molar-refractivity contribution in [3.63, 3.8) is 0 Å². The summed E-state index contributed by atoms with van der Waals surface area (Å²) in [5, 5.41) is 10.2. The van der Waals surface area contributed by atoms with E-state index in [1.165, 1.54) is 0 Å². The van der Waals surface area contributed by atoms with Gasteiger partial charge in [-0.3, -0.25) is 10.1 Å². The summed E-state index contributed by atoms with van der Waals surface area (Å²) in [6, 6.07) is 0.484. The van der Waals surface area contributed by atoms with Crippen LogP contribution in [0.4, 0.5) is 18.9 Å². The number of nitro groups is 1. The van der Waals surface area contributed by atoms with Gasteiger partial charge in [-0.25, -0.2) is 0 Å². The summed E-state index contributed by atoms with van der Waals surface area (Å²) in [5.41, 5.74) is 3.90. The van der Waals surface area contributed by atoms with Crippen LogP contribution in [0, 0.1) is 10.1 Å². The van der Waals surface area contributed by atoms with Crippen LogP contribution in [-0.4, -0.2) is 11.1 Å². The summed E-state index contributed by atoms with van der Waals surface area (Å²) in [6.45, 7) is 0. The fourth-order valence-corrected chi connectivity index (χ4v) is 1.24. The van der Waals surface area contributed by atoms with Gasteiger partial charge in [0, 0.05) is 6.07 Å². The second-order valence-corrected chi connectivity index (χ2v) is 3.39. The van der Waals surface area contributed by atoms with E-state index in [1.807, 2.05) is 0 Å². The molecule has 0 saturated heterocycles. The van der Waals surface area contributed by atoms with Crippen LogP contribution in [0.3, 0.4) is 0 Å². The molecule has 1 aromatic carbocycles. The Morgan fingerprint density at radius 3 is 2.35 bits per heavy atom. The van der Waals surface area contributed by atoms with Crippen molar-refractivity contribution >= 4 is 29.7 Å². The zero-order chi connectivity index (χ0) is 12.5. The van der Waals surface area contributed by atoms with E-state index in [9.17, 15) is 23.3 Å². The first-order chi connectivity index (χ1) is 7.23. The fraction of sp³-hybridized carbons (Fsp3) is 0.250. The van der Waals surface area contributed by atoms with Crippen LogP contribution in [-0.2, 0) is 0 Å². The summed E-state index contributed by atoms with van der Waals surface area (Å²) in [7, 11) is 0. The number of nitrogens with two attached hydrogens (primary N) is 1. The molecule has 0 unspecified atom stereocenters. The molecule has 0 saturated carbocycles. The standard InChI is InChI=1S/C8H6ClF3N2O2.ClH/c9-5-2-1-4(3-6(5)14(15)16)7(13)8(10,11)12;/h1-3,7H,13H2;1H/t7-;/m1./s1. The highest BCUT2D eigenvalue weighted by molar-refractivity contribution is 6.32. The average molecular weight is 291 g/mol. The van der Waals surface area contributed by atoms with Crippen LogP contribution in [0.2, 0.25) is 5.02 Å². The first kappa shape index (κ1) is 16.0. The van der Waals surface area contributed by atoms with Crippen LogP contribution in [0.15, 0.2) is 18.2 Å². The number of benzene rings is 1. The van der Waals surface area contributed by atoms with Gasteiger partial charge in [-0.05, 0) is 11.6 Å². The molecule has 9 heteroatoms. The minimum atomic E-state index is -4.65. The molecule has 0 bridgehead atoms. The molecule has 0 amide bonds. The predicted octanol–water partition coefficient (Wildman–Crippen LogP) is 3.23. The number of halogens is 5. The molecule has 0 radical (unpaired) electrons. The van der Waals surface area contributed by atoms with Crippen molar-refractivity contribution in [1.82, 2.24) is 0 Å². The maximum atomic E-state index is 12.2. The van der Waals surface area contributed by atoms with Crippen molar-refractivity contribution in [2.24, 2.45) is 5.73 Å². The summed E-state index contributed by atoms with van der Waals surface area (Å²) >= 11 is 5.45. The molecule has 17 heavy (non-hydrogen) atoms. The minimum Gasteiger partial charge on any atom is -0.316 e. The number of nitro benzene ring substituents is 1. The van der Waals surface area contributed by atoms with Gasteiger partial charge in [0.2, 0.25) is 0 Å². The smallest absolute Gasteiger partial charge is 0.316 e. The molecule has 0 aliphatic heterocycles. The largest absolute Gasteiger partial charge is 0.407 e. The summed E-state index contributed by atoms with van der Waals surface area (Å²) in [4.78, 5) is 9.58. The van der Waals surface area contributed by atoms with Gasteiger partial charge in [0.25, 0.3) is 5.69 Å². The Labute approximate surface area is 105 Å². The lowest BCUT2D eigenvalue weighted by Gasteiger charge is -2.15. The number of hydrogen-bond acceptors (Lipinski definition) is 3. The van der Waals surface area contributed by atoms with E-state index in [-0.39, 0.29) is 17.4 Å². The van der Waals surface area contributed by atoms with Crippen LogP contribution >= 0.6 is 24.0 Å². The van der Waals surface area contributed by atoms with Gasteiger partial charge in [-0.15, -0.1) is 12.4 Å². The molecule has 0 heterocycles. The number of alkyl halides is 3. The molecule has 0 aliphatic rings. The van der Waals surface area contributed by atoms with Gasteiger partial charge in [-0.2, -0.15) is 13.2 Å². The number of hydrogen-bond donors (Lipinski definition) is 1. The second-order valence-electron chi connectivity index (χ2n) is 2.99. The van der Waals surface area contributed by atoms with Crippen molar-refractivity contribution in [2.75, 3.05) is 0 Å². The molecular formula is C8H7Cl2F3N2O2. The minimum absolute atomic E-state index is 0. The third-order valence-electron chi connectivity index (χ3n) is 1.88. The van der Waals surface area contributed by atoms with Crippen molar-refractivity contribution in [3.8, 4) is 0 Å². The number of rotatable bonds is 2. The van der Waals surface area contributed by atoms with Gasteiger partial charge in [-0.1, -0.05) is 17.7 Å². The lowest BCUT2D eigenvalue weighted by atomic mass is 10.1. The highest BCUT2D eigenvalue weighted by Gasteiger charge is 2.38. The lowest BCUT2D eigenvalue weighted by molar-refractivity contribution is -0.384. The maximum Gasteiger partial charge on any atom is 0.407 e. The first-order valence-corrected chi connectivity index (χ1v) is 4.37. The Bertz CT molecular complexity index is 426. The molecule has 1 rings (SSSR count).